The molecule has 2 aliphatic heterocycles. The van der Waals surface area contributed by atoms with Gasteiger partial charge in [0.25, 0.3) is 5.91 Å². The van der Waals surface area contributed by atoms with Crippen molar-refractivity contribution in [2.75, 3.05) is 46.1 Å². The summed E-state index contributed by atoms with van der Waals surface area (Å²) in [6.45, 7) is 6.64. The van der Waals surface area contributed by atoms with E-state index in [1.54, 1.807) is 4.90 Å². The topological polar surface area (TPSA) is 56.4 Å². The van der Waals surface area contributed by atoms with E-state index in [1.165, 1.54) is 10.5 Å². The Morgan fingerprint density at radius 3 is 2.55 bits per heavy atom. The second kappa shape index (κ2) is 9.58. The Balaban J connectivity index is 1.15. The molecule has 1 saturated heterocycles. The van der Waals surface area contributed by atoms with Crippen LogP contribution < -0.4 is 24.6 Å². The predicted octanol–water partition coefficient (Wildman–Crippen LogP) is -0.472. The normalized spacial score (nSPS) is 20.7. The van der Waals surface area contributed by atoms with Crippen LogP contribution in [0.3, 0.4) is 0 Å². The number of benzene rings is 2. The molecular weight excluding hydrogens is 366 g/mol. The van der Waals surface area contributed by atoms with Gasteiger partial charge < -0.3 is 24.6 Å². The Labute approximate surface area is 171 Å². The molecule has 6 nitrogen and oxygen atoms in total. The number of quaternary nitrogens is 2. The molecule has 3 N–H and O–H groups in total. The van der Waals surface area contributed by atoms with Crippen LogP contribution in [0.5, 0.6) is 11.5 Å². The highest BCUT2D eigenvalue weighted by Gasteiger charge is 2.24. The predicted molar refractivity (Wildman–Crippen MR) is 111 cm³/mol. The summed E-state index contributed by atoms with van der Waals surface area (Å²) >= 11 is 0. The fourth-order valence-electron chi connectivity index (χ4n) is 3.80. The minimum atomic E-state index is 0.102. The van der Waals surface area contributed by atoms with Gasteiger partial charge in [0.05, 0.1) is 6.54 Å². The molecule has 2 aliphatic rings. The SMILES string of the molecule is O=C(C[NH+]1CC[NH+](C/C=C/c2ccccc2)CC1)NCc1ccc2c(c1)OCO2. The first kappa shape index (κ1) is 19.5. The van der Waals surface area contributed by atoms with Crippen molar-refractivity contribution in [3.8, 4) is 11.5 Å². The number of piperazine rings is 1. The van der Waals surface area contributed by atoms with Crippen LogP contribution in [0.4, 0.5) is 0 Å². The lowest BCUT2D eigenvalue weighted by Gasteiger charge is -2.28. The summed E-state index contributed by atoms with van der Waals surface area (Å²) in [7, 11) is 0. The zero-order valence-electron chi connectivity index (χ0n) is 16.7. The summed E-state index contributed by atoms with van der Waals surface area (Å²) < 4.78 is 10.7. The lowest BCUT2D eigenvalue weighted by Crippen LogP contribution is -3.28. The summed E-state index contributed by atoms with van der Waals surface area (Å²) in [6.07, 6.45) is 4.45. The third-order valence-corrected chi connectivity index (χ3v) is 5.52. The number of rotatable bonds is 7. The zero-order valence-corrected chi connectivity index (χ0v) is 16.7. The first-order valence-electron chi connectivity index (χ1n) is 10.3. The van der Waals surface area contributed by atoms with Crippen LogP contribution in [0.1, 0.15) is 11.1 Å². The summed E-state index contributed by atoms with van der Waals surface area (Å²) in [6, 6.07) is 16.2. The van der Waals surface area contributed by atoms with Crippen LogP contribution in [-0.4, -0.2) is 52.0 Å². The van der Waals surface area contributed by atoms with E-state index in [0.29, 0.717) is 13.1 Å². The molecule has 0 unspecified atom stereocenters. The van der Waals surface area contributed by atoms with E-state index in [-0.39, 0.29) is 12.7 Å². The van der Waals surface area contributed by atoms with Crippen molar-refractivity contribution in [1.29, 1.82) is 0 Å². The molecular formula is C23H29N3O3+2. The standard InChI is InChI=1S/C23H27N3O3/c27-23(24-16-20-8-9-21-22(15-20)29-18-28-21)17-26-13-11-25(12-14-26)10-4-7-19-5-2-1-3-6-19/h1-9,15H,10-14,16-18H2,(H,24,27)/p+2/b7-4+. The van der Waals surface area contributed by atoms with Crippen molar-refractivity contribution >= 4 is 12.0 Å². The highest BCUT2D eigenvalue weighted by Crippen LogP contribution is 2.32. The van der Waals surface area contributed by atoms with Crippen molar-refractivity contribution in [1.82, 2.24) is 5.32 Å². The van der Waals surface area contributed by atoms with E-state index in [4.69, 9.17) is 9.47 Å². The number of hydrogen-bond donors (Lipinski definition) is 3. The first-order valence-corrected chi connectivity index (χ1v) is 10.3. The molecule has 0 bridgehead atoms. The van der Waals surface area contributed by atoms with Crippen molar-refractivity contribution in [3.05, 3.63) is 65.7 Å². The minimum absolute atomic E-state index is 0.102. The van der Waals surface area contributed by atoms with E-state index in [9.17, 15) is 4.79 Å². The smallest absolute Gasteiger partial charge is 0.275 e. The molecule has 1 fully saturated rings. The van der Waals surface area contributed by atoms with Crippen LogP contribution in [0.25, 0.3) is 6.08 Å². The van der Waals surface area contributed by atoms with Crippen molar-refractivity contribution < 1.29 is 24.1 Å². The summed E-state index contributed by atoms with van der Waals surface area (Å²) in [5, 5.41) is 3.03. The third-order valence-electron chi connectivity index (χ3n) is 5.52. The van der Waals surface area contributed by atoms with Crippen LogP contribution >= 0.6 is 0 Å². The largest absolute Gasteiger partial charge is 0.454 e. The third kappa shape index (κ3) is 5.59. The second-order valence-electron chi connectivity index (χ2n) is 7.66. The van der Waals surface area contributed by atoms with Crippen molar-refractivity contribution in [2.45, 2.75) is 6.54 Å². The number of hydrogen-bond acceptors (Lipinski definition) is 3. The number of ether oxygens (including phenoxy) is 2. The van der Waals surface area contributed by atoms with Gasteiger partial charge in [-0.15, -0.1) is 0 Å². The molecule has 0 aliphatic carbocycles. The quantitative estimate of drug-likeness (QED) is 0.594. The van der Waals surface area contributed by atoms with Gasteiger partial charge in [-0.05, 0) is 29.3 Å². The van der Waals surface area contributed by atoms with E-state index >= 15 is 0 Å². The Morgan fingerprint density at radius 2 is 1.72 bits per heavy atom. The monoisotopic (exact) mass is 395 g/mol. The molecule has 152 valence electrons. The minimum Gasteiger partial charge on any atom is -0.454 e. The molecule has 2 heterocycles. The lowest BCUT2D eigenvalue weighted by atomic mass is 10.2. The van der Waals surface area contributed by atoms with Gasteiger partial charge in [0.1, 0.15) is 26.2 Å². The van der Waals surface area contributed by atoms with Crippen LogP contribution in [-0.2, 0) is 11.3 Å². The molecule has 0 radical (unpaired) electrons. The molecule has 0 atom stereocenters. The van der Waals surface area contributed by atoms with E-state index in [1.807, 2.05) is 24.3 Å². The van der Waals surface area contributed by atoms with E-state index in [2.05, 4.69) is 41.7 Å². The van der Waals surface area contributed by atoms with Crippen LogP contribution in [0.2, 0.25) is 0 Å². The maximum Gasteiger partial charge on any atom is 0.275 e. The summed E-state index contributed by atoms with van der Waals surface area (Å²) in [5.41, 5.74) is 2.27. The molecule has 0 aromatic heterocycles. The van der Waals surface area contributed by atoms with E-state index < -0.39 is 0 Å². The van der Waals surface area contributed by atoms with Gasteiger partial charge in [0.15, 0.2) is 18.0 Å². The number of fused-ring (bicyclic) bond motifs is 1. The maximum absolute atomic E-state index is 12.3. The average molecular weight is 396 g/mol. The van der Waals surface area contributed by atoms with Gasteiger partial charge in [-0.1, -0.05) is 42.5 Å². The first-order chi connectivity index (χ1) is 14.3. The van der Waals surface area contributed by atoms with Crippen LogP contribution in [0, 0.1) is 0 Å². The highest BCUT2D eigenvalue weighted by molar-refractivity contribution is 5.76. The fraction of sp³-hybridized carbons (Fsp3) is 0.348. The molecule has 1 amide bonds. The van der Waals surface area contributed by atoms with Gasteiger partial charge in [-0.2, -0.15) is 0 Å². The molecule has 2 aromatic carbocycles. The number of carbonyl (C=O) groups is 1. The molecule has 4 rings (SSSR count). The van der Waals surface area contributed by atoms with Gasteiger partial charge >= 0.3 is 0 Å². The molecule has 0 saturated carbocycles. The molecule has 6 heteroatoms. The van der Waals surface area contributed by atoms with Gasteiger partial charge in [0, 0.05) is 6.54 Å². The zero-order chi connectivity index (χ0) is 19.9. The highest BCUT2D eigenvalue weighted by atomic mass is 16.7. The Kier molecular flexibility index (Phi) is 6.44. The van der Waals surface area contributed by atoms with Gasteiger partial charge in [-0.25, -0.2) is 0 Å². The van der Waals surface area contributed by atoms with Gasteiger partial charge in [-0.3, -0.25) is 4.79 Å². The Morgan fingerprint density at radius 1 is 0.966 bits per heavy atom. The second-order valence-corrected chi connectivity index (χ2v) is 7.66. The number of amides is 1. The fourth-order valence-corrected chi connectivity index (χ4v) is 3.80. The lowest BCUT2D eigenvalue weighted by molar-refractivity contribution is -1.01. The van der Waals surface area contributed by atoms with E-state index in [0.717, 1.165) is 49.8 Å². The molecule has 0 spiro atoms. The summed E-state index contributed by atoms with van der Waals surface area (Å²) in [4.78, 5) is 15.3. The molecule has 29 heavy (non-hydrogen) atoms. The number of carbonyl (C=O) groups excluding carboxylic acids is 1. The Hall–Kier alpha value is -2.83. The Bertz CT molecular complexity index is 846. The van der Waals surface area contributed by atoms with Crippen molar-refractivity contribution in [3.63, 3.8) is 0 Å². The van der Waals surface area contributed by atoms with Gasteiger partial charge in [0.2, 0.25) is 6.79 Å². The molecule has 2 aromatic rings. The van der Waals surface area contributed by atoms with Crippen molar-refractivity contribution in [2.24, 2.45) is 0 Å². The summed E-state index contributed by atoms with van der Waals surface area (Å²) in [5.74, 6) is 1.62. The number of nitrogens with one attached hydrogen (secondary N) is 3. The average Bonchev–Trinajstić information content (AvgIpc) is 3.22. The maximum atomic E-state index is 12.3. The van der Waals surface area contributed by atoms with Crippen LogP contribution in [0.15, 0.2) is 54.6 Å².